The average molecular weight is 273 g/mol. The van der Waals surface area contributed by atoms with Crippen LogP contribution in [0.25, 0.3) is 0 Å². The summed E-state index contributed by atoms with van der Waals surface area (Å²) in [5.41, 5.74) is -1.89. The van der Waals surface area contributed by atoms with Crippen LogP contribution in [0.5, 0.6) is 0 Å². The number of nitrogens with zero attached hydrogens (tertiary/aromatic N) is 1. The van der Waals surface area contributed by atoms with Gasteiger partial charge in [0.15, 0.2) is 0 Å². The highest BCUT2D eigenvalue weighted by Gasteiger charge is 2.53. The van der Waals surface area contributed by atoms with Gasteiger partial charge in [0.25, 0.3) is 0 Å². The second-order valence-corrected chi connectivity index (χ2v) is 5.84. The van der Waals surface area contributed by atoms with Crippen molar-refractivity contribution < 1.29 is 24.2 Å². The van der Waals surface area contributed by atoms with Crippen LogP contribution in [0.4, 0.5) is 4.79 Å². The van der Waals surface area contributed by atoms with Crippen LogP contribution in [0.15, 0.2) is 0 Å². The van der Waals surface area contributed by atoms with Crippen molar-refractivity contribution in [1.29, 1.82) is 0 Å². The van der Waals surface area contributed by atoms with E-state index < -0.39 is 23.2 Å². The highest BCUT2D eigenvalue weighted by molar-refractivity contribution is 5.85. The second-order valence-electron chi connectivity index (χ2n) is 5.84. The Labute approximate surface area is 113 Å². The van der Waals surface area contributed by atoms with E-state index in [4.69, 9.17) is 9.47 Å². The Kier molecular flexibility index (Phi) is 4.45. The minimum atomic E-state index is -1.23. The van der Waals surface area contributed by atoms with Gasteiger partial charge in [-0.3, -0.25) is 4.90 Å². The van der Waals surface area contributed by atoms with Gasteiger partial charge in [0, 0.05) is 13.5 Å². The Bertz CT molecular complexity index is 363. The van der Waals surface area contributed by atoms with Crippen LogP contribution in [0.2, 0.25) is 0 Å². The van der Waals surface area contributed by atoms with E-state index in [-0.39, 0.29) is 19.1 Å². The highest BCUT2D eigenvalue weighted by Crippen LogP contribution is 2.35. The van der Waals surface area contributed by atoms with E-state index in [1.807, 2.05) is 0 Å². The Balaban J connectivity index is 3.01. The van der Waals surface area contributed by atoms with Gasteiger partial charge in [0.2, 0.25) is 0 Å². The molecule has 6 heteroatoms. The Morgan fingerprint density at radius 3 is 2.37 bits per heavy atom. The van der Waals surface area contributed by atoms with Crippen LogP contribution >= 0.6 is 0 Å². The van der Waals surface area contributed by atoms with E-state index in [9.17, 15) is 14.7 Å². The van der Waals surface area contributed by atoms with Gasteiger partial charge >= 0.3 is 12.1 Å². The summed E-state index contributed by atoms with van der Waals surface area (Å²) in [6.07, 6.45) is -0.268. The summed E-state index contributed by atoms with van der Waals surface area (Å²) in [6, 6.07) is 0. The molecule has 1 amide bonds. The highest BCUT2D eigenvalue weighted by atomic mass is 16.6. The molecule has 1 N–H and O–H groups in total. The number of carbonyl (C=O) groups is 2. The molecule has 19 heavy (non-hydrogen) atoms. The molecule has 0 aromatic carbocycles. The molecule has 6 nitrogen and oxygen atoms in total. The van der Waals surface area contributed by atoms with Crippen LogP contribution in [-0.2, 0) is 14.3 Å². The lowest BCUT2D eigenvalue weighted by molar-refractivity contribution is -0.149. The largest absolute Gasteiger partial charge is 0.479 e. The van der Waals surface area contributed by atoms with Gasteiger partial charge in [0.1, 0.15) is 11.1 Å². The Morgan fingerprint density at radius 2 is 2.00 bits per heavy atom. The second kappa shape index (κ2) is 5.36. The SMILES string of the molecule is CC[C@]1(C(=O)O)C[C@H](OC)CN1C(=O)OC(C)(C)C. The number of methoxy groups -OCH3 is 1. The predicted molar refractivity (Wildman–Crippen MR) is 69.0 cm³/mol. The van der Waals surface area contributed by atoms with Crippen molar-refractivity contribution >= 4 is 12.1 Å². The maximum Gasteiger partial charge on any atom is 0.411 e. The molecule has 0 radical (unpaired) electrons. The number of carboxylic acids is 1. The minimum Gasteiger partial charge on any atom is -0.479 e. The van der Waals surface area contributed by atoms with E-state index in [1.165, 1.54) is 12.0 Å². The summed E-state index contributed by atoms with van der Waals surface area (Å²) in [6.45, 7) is 7.25. The van der Waals surface area contributed by atoms with Crippen LogP contribution in [0.3, 0.4) is 0 Å². The molecule has 1 aliphatic rings. The van der Waals surface area contributed by atoms with Gasteiger partial charge < -0.3 is 14.6 Å². The number of aliphatic carboxylic acids is 1. The third-order valence-electron chi connectivity index (χ3n) is 3.40. The van der Waals surface area contributed by atoms with E-state index in [0.29, 0.717) is 6.42 Å². The van der Waals surface area contributed by atoms with Crippen LogP contribution < -0.4 is 0 Å². The van der Waals surface area contributed by atoms with Crippen molar-refractivity contribution in [1.82, 2.24) is 4.90 Å². The van der Waals surface area contributed by atoms with Gasteiger partial charge in [0.05, 0.1) is 12.6 Å². The first-order valence-electron chi connectivity index (χ1n) is 6.43. The summed E-state index contributed by atoms with van der Waals surface area (Å²) in [7, 11) is 1.52. The van der Waals surface area contributed by atoms with Crippen molar-refractivity contribution in [3.63, 3.8) is 0 Å². The zero-order chi connectivity index (χ0) is 14.8. The lowest BCUT2D eigenvalue weighted by atomic mass is 9.92. The number of likely N-dealkylation sites (tertiary alicyclic amines) is 1. The first-order valence-corrected chi connectivity index (χ1v) is 6.43. The van der Waals surface area contributed by atoms with Gasteiger partial charge in [-0.25, -0.2) is 9.59 Å². The normalized spacial score (nSPS) is 27.4. The zero-order valence-electron chi connectivity index (χ0n) is 12.2. The molecule has 1 saturated heterocycles. The third kappa shape index (κ3) is 3.18. The molecule has 0 spiro atoms. The predicted octanol–water partition coefficient (Wildman–Crippen LogP) is 1.88. The summed E-state index contributed by atoms with van der Waals surface area (Å²) in [5, 5.41) is 9.49. The lowest BCUT2D eigenvalue weighted by Crippen LogP contribution is -2.53. The molecule has 0 unspecified atom stereocenters. The maximum absolute atomic E-state index is 12.2. The standard InChI is InChI=1S/C13H23NO5/c1-6-13(10(15)16)7-9(18-5)8-14(13)11(17)19-12(2,3)4/h9H,6-8H2,1-5H3,(H,15,16)/t9-,13+/m0/s1. The summed E-state index contributed by atoms with van der Waals surface area (Å²) in [5.74, 6) is -1.01. The van der Waals surface area contributed by atoms with Gasteiger partial charge in [-0.2, -0.15) is 0 Å². The number of rotatable bonds is 3. The fourth-order valence-corrected chi connectivity index (χ4v) is 2.34. The van der Waals surface area contributed by atoms with Crippen LogP contribution in [0.1, 0.15) is 40.5 Å². The van der Waals surface area contributed by atoms with E-state index in [2.05, 4.69) is 0 Å². The van der Waals surface area contributed by atoms with Gasteiger partial charge in [-0.1, -0.05) is 6.92 Å². The first kappa shape index (κ1) is 15.8. The van der Waals surface area contributed by atoms with Crippen molar-refractivity contribution in [3.05, 3.63) is 0 Å². The Morgan fingerprint density at radius 1 is 1.42 bits per heavy atom. The molecule has 2 atom stereocenters. The third-order valence-corrected chi connectivity index (χ3v) is 3.40. The number of carbonyl (C=O) groups excluding carboxylic acids is 1. The monoisotopic (exact) mass is 273 g/mol. The van der Waals surface area contributed by atoms with Gasteiger partial charge in [-0.05, 0) is 27.2 Å². The molecule has 0 aliphatic carbocycles. The molecule has 0 aromatic heterocycles. The van der Waals surface area contributed by atoms with Crippen LogP contribution in [-0.4, -0.2) is 53.0 Å². The summed E-state index contributed by atoms with van der Waals surface area (Å²) in [4.78, 5) is 25.1. The molecule has 0 bridgehead atoms. The van der Waals surface area contributed by atoms with Crippen molar-refractivity contribution in [2.24, 2.45) is 0 Å². The topological polar surface area (TPSA) is 76.1 Å². The van der Waals surface area contributed by atoms with Gasteiger partial charge in [-0.15, -0.1) is 0 Å². The molecular formula is C13H23NO5. The zero-order valence-corrected chi connectivity index (χ0v) is 12.2. The molecule has 1 fully saturated rings. The lowest BCUT2D eigenvalue weighted by Gasteiger charge is -2.34. The van der Waals surface area contributed by atoms with Crippen molar-refractivity contribution in [2.75, 3.05) is 13.7 Å². The number of carboxylic acid groups (broad SMARTS) is 1. The average Bonchev–Trinajstić information content (AvgIpc) is 2.66. The molecule has 0 saturated carbocycles. The number of hydrogen-bond acceptors (Lipinski definition) is 4. The fraction of sp³-hybridized carbons (Fsp3) is 0.846. The molecule has 0 aromatic rings. The smallest absolute Gasteiger partial charge is 0.411 e. The quantitative estimate of drug-likeness (QED) is 0.849. The molecule has 1 rings (SSSR count). The number of ether oxygens (including phenoxy) is 2. The maximum atomic E-state index is 12.2. The number of hydrogen-bond donors (Lipinski definition) is 1. The summed E-state index contributed by atoms with van der Waals surface area (Å²) >= 11 is 0. The number of amides is 1. The first-order chi connectivity index (χ1) is 8.66. The van der Waals surface area contributed by atoms with Crippen LogP contribution in [0, 0.1) is 0 Å². The van der Waals surface area contributed by atoms with E-state index in [0.717, 1.165) is 0 Å². The summed E-state index contributed by atoms with van der Waals surface area (Å²) < 4.78 is 10.5. The minimum absolute atomic E-state index is 0.242. The molecular weight excluding hydrogens is 250 g/mol. The molecule has 1 heterocycles. The van der Waals surface area contributed by atoms with E-state index in [1.54, 1.807) is 27.7 Å². The molecule has 110 valence electrons. The van der Waals surface area contributed by atoms with E-state index >= 15 is 0 Å². The van der Waals surface area contributed by atoms with Crippen molar-refractivity contribution in [3.8, 4) is 0 Å². The molecule has 1 aliphatic heterocycles. The van der Waals surface area contributed by atoms with Crippen molar-refractivity contribution in [2.45, 2.75) is 57.8 Å². The Hall–Kier alpha value is -1.30. The fourth-order valence-electron chi connectivity index (χ4n) is 2.34.